The summed E-state index contributed by atoms with van der Waals surface area (Å²) in [6.45, 7) is 5.70. The maximum Gasteiger partial charge on any atom is 0.251 e. The summed E-state index contributed by atoms with van der Waals surface area (Å²) in [5.41, 5.74) is 9.06. The Bertz CT molecular complexity index is 681. The van der Waals surface area contributed by atoms with E-state index in [0.29, 0.717) is 37.0 Å². The molecule has 0 saturated heterocycles. The molecule has 0 aromatic heterocycles. The molecule has 140 valence electrons. The number of carbonyl (C=O) groups excluding carboxylic acids is 1. The van der Waals surface area contributed by atoms with E-state index >= 15 is 0 Å². The van der Waals surface area contributed by atoms with E-state index in [1.807, 2.05) is 12.1 Å². The molecule has 0 saturated carbocycles. The second kappa shape index (κ2) is 9.94. The molecular formula is C21H28N2O3. The minimum atomic E-state index is -0.239. The normalized spacial score (nSPS) is 12.0. The van der Waals surface area contributed by atoms with Crippen LogP contribution in [0.1, 0.15) is 47.3 Å². The van der Waals surface area contributed by atoms with Crippen LogP contribution in [0.15, 0.2) is 48.5 Å². The minimum absolute atomic E-state index is 0.150. The van der Waals surface area contributed by atoms with Gasteiger partial charge in [0.1, 0.15) is 12.4 Å². The predicted octanol–water partition coefficient (Wildman–Crippen LogP) is 3.27. The van der Waals surface area contributed by atoms with E-state index in [2.05, 4.69) is 31.3 Å². The van der Waals surface area contributed by atoms with Crippen LogP contribution >= 0.6 is 0 Å². The molecule has 2 aromatic carbocycles. The molecular weight excluding hydrogens is 328 g/mol. The number of amides is 1. The molecule has 0 spiro atoms. The van der Waals surface area contributed by atoms with Crippen molar-refractivity contribution in [3.05, 3.63) is 65.2 Å². The summed E-state index contributed by atoms with van der Waals surface area (Å²) in [5.74, 6) is 1.05. The zero-order valence-electron chi connectivity index (χ0n) is 15.7. The molecule has 5 nitrogen and oxygen atoms in total. The molecule has 2 rings (SSSR count). The summed E-state index contributed by atoms with van der Waals surface area (Å²) >= 11 is 0. The Balaban J connectivity index is 1.85. The quantitative estimate of drug-likeness (QED) is 0.676. The minimum Gasteiger partial charge on any atom is -0.491 e. The first-order chi connectivity index (χ1) is 12.5. The van der Waals surface area contributed by atoms with Gasteiger partial charge in [0.25, 0.3) is 5.91 Å². The Labute approximate surface area is 155 Å². The van der Waals surface area contributed by atoms with E-state index in [-0.39, 0.29) is 11.9 Å². The van der Waals surface area contributed by atoms with E-state index in [1.54, 1.807) is 31.4 Å². The van der Waals surface area contributed by atoms with Gasteiger partial charge in [-0.3, -0.25) is 4.79 Å². The van der Waals surface area contributed by atoms with Crippen LogP contribution in [0.2, 0.25) is 0 Å². The van der Waals surface area contributed by atoms with Crippen LogP contribution < -0.4 is 15.8 Å². The summed E-state index contributed by atoms with van der Waals surface area (Å²) in [6.07, 6.45) is 0. The third-order valence-electron chi connectivity index (χ3n) is 4.19. The first kappa shape index (κ1) is 19.9. The zero-order chi connectivity index (χ0) is 18.9. The smallest absolute Gasteiger partial charge is 0.251 e. The van der Waals surface area contributed by atoms with Crippen LogP contribution in [0.3, 0.4) is 0 Å². The van der Waals surface area contributed by atoms with Crippen molar-refractivity contribution in [1.82, 2.24) is 5.32 Å². The Hall–Kier alpha value is -2.37. The third kappa shape index (κ3) is 5.86. The fraction of sp³-hybridized carbons (Fsp3) is 0.381. The topological polar surface area (TPSA) is 73.6 Å². The Morgan fingerprint density at radius 2 is 1.62 bits per heavy atom. The lowest BCUT2D eigenvalue weighted by atomic mass is 9.99. The molecule has 0 radical (unpaired) electrons. The highest BCUT2D eigenvalue weighted by atomic mass is 16.5. The highest BCUT2D eigenvalue weighted by Crippen LogP contribution is 2.17. The maximum atomic E-state index is 12.3. The summed E-state index contributed by atoms with van der Waals surface area (Å²) in [5, 5.41) is 2.88. The van der Waals surface area contributed by atoms with E-state index in [1.165, 1.54) is 5.56 Å². The van der Waals surface area contributed by atoms with Gasteiger partial charge in [-0.15, -0.1) is 0 Å². The summed E-state index contributed by atoms with van der Waals surface area (Å²) in [4.78, 5) is 12.3. The van der Waals surface area contributed by atoms with Crippen molar-refractivity contribution < 1.29 is 14.3 Å². The summed E-state index contributed by atoms with van der Waals surface area (Å²) < 4.78 is 10.4. The van der Waals surface area contributed by atoms with Gasteiger partial charge in [-0.1, -0.05) is 38.1 Å². The third-order valence-corrected chi connectivity index (χ3v) is 4.19. The van der Waals surface area contributed by atoms with Crippen molar-refractivity contribution in [3.8, 4) is 5.75 Å². The molecule has 1 unspecified atom stereocenters. The van der Waals surface area contributed by atoms with Crippen molar-refractivity contribution in [2.24, 2.45) is 5.73 Å². The first-order valence-electron chi connectivity index (χ1n) is 8.86. The second-order valence-corrected chi connectivity index (χ2v) is 6.50. The fourth-order valence-electron chi connectivity index (χ4n) is 2.50. The van der Waals surface area contributed by atoms with Crippen molar-refractivity contribution in [2.75, 3.05) is 26.9 Å². The molecule has 0 fully saturated rings. The molecule has 0 bridgehead atoms. The molecule has 0 heterocycles. The molecule has 1 amide bonds. The van der Waals surface area contributed by atoms with Gasteiger partial charge in [0.15, 0.2) is 0 Å². The highest BCUT2D eigenvalue weighted by Gasteiger charge is 2.10. The van der Waals surface area contributed by atoms with Crippen molar-refractivity contribution in [1.29, 1.82) is 0 Å². The van der Waals surface area contributed by atoms with Crippen LogP contribution in [0, 0.1) is 0 Å². The van der Waals surface area contributed by atoms with Crippen molar-refractivity contribution >= 4 is 5.91 Å². The van der Waals surface area contributed by atoms with E-state index in [0.717, 1.165) is 5.56 Å². The van der Waals surface area contributed by atoms with Gasteiger partial charge < -0.3 is 20.5 Å². The van der Waals surface area contributed by atoms with E-state index < -0.39 is 0 Å². The van der Waals surface area contributed by atoms with Crippen molar-refractivity contribution in [3.63, 3.8) is 0 Å². The number of hydrogen-bond acceptors (Lipinski definition) is 4. The molecule has 0 aliphatic rings. The molecule has 0 aliphatic carbocycles. The van der Waals surface area contributed by atoms with Crippen LogP contribution in [0.25, 0.3) is 0 Å². The predicted molar refractivity (Wildman–Crippen MR) is 104 cm³/mol. The summed E-state index contributed by atoms with van der Waals surface area (Å²) in [7, 11) is 1.63. The SMILES string of the molecule is COCCOc1ccc(C(=O)NCC(N)c2ccc(C(C)C)cc2)cc1. The lowest BCUT2D eigenvalue weighted by molar-refractivity contribution is 0.0951. The number of rotatable bonds is 9. The van der Waals surface area contributed by atoms with Crippen LogP contribution in [-0.4, -0.2) is 32.8 Å². The number of methoxy groups -OCH3 is 1. The van der Waals surface area contributed by atoms with Gasteiger partial charge in [-0.05, 0) is 41.3 Å². The maximum absolute atomic E-state index is 12.3. The fourth-order valence-corrected chi connectivity index (χ4v) is 2.50. The summed E-state index contributed by atoms with van der Waals surface area (Å²) in [6, 6.07) is 15.0. The number of benzene rings is 2. The lowest BCUT2D eigenvalue weighted by Gasteiger charge is -2.15. The largest absolute Gasteiger partial charge is 0.491 e. The molecule has 3 N–H and O–H groups in total. The number of hydrogen-bond donors (Lipinski definition) is 2. The number of carbonyl (C=O) groups is 1. The Morgan fingerprint density at radius 1 is 1.00 bits per heavy atom. The van der Waals surface area contributed by atoms with Crippen molar-refractivity contribution in [2.45, 2.75) is 25.8 Å². The van der Waals surface area contributed by atoms with Gasteiger partial charge in [-0.2, -0.15) is 0 Å². The van der Waals surface area contributed by atoms with Crippen LogP contribution in [0.5, 0.6) is 5.75 Å². The number of nitrogens with two attached hydrogens (primary N) is 1. The Morgan fingerprint density at radius 3 is 2.19 bits per heavy atom. The van der Waals surface area contributed by atoms with Crippen LogP contribution in [0.4, 0.5) is 0 Å². The molecule has 5 heteroatoms. The van der Waals surface area contributed by atoms with Gasteiger partial charge in [0, 0.05) is 25.3 Å². The lowest BCUT2D eigenvalue weighted by Crippen LogP contribution is -2.31. The molecule has 2 aromatic rings. The second-order valence-electron chi connectivity index (χ2n) is 6.50. The van der Waals surface area contributed by atoms with Gasteiger partial charge >= 0.3 is 0 Å². The van der Waals surface area contributed by atoms with Gasteiger partial charge in [0.05, 0.1) is 6.61 Å². The van der Waals surface area contributed by atoms with E-state index in [4.69, 9.17) is 15.2 Å². The molecule has 0 aliphatic heterocycles. The average Bonchev–Trinajstić information content (AvgIpc) is 2.66. The van der Waals surface area contributed by atoms with Gasteiger partial charge in [0.2, 0.25) is 0 Å². The van der Waals surface area contributed by atoms with Gasteiger partial charge in [-0.25, -0.2) is 0 Å². The average molecular weight is 356 g/mol. The van der Waals surface area contributed by atoms with E-state index in [9.17, 15) is 4.79 Å². The van der Waals surface area contributed by atoms with Crippen LogP contribution in [-0.2, 0) is 4.74 Å². The monoisotopic (exact) mass is 356 g/mol. The number of ether oxygens (including phenoxy) is 2. The first-order valence-corrected chi connectivity index (χ1v) is 8.86. The molecule has 1 atom stereocenters. The highest BCUT2D eigenvalue weighted by molar-refractivity contribution is 5.94. The number of nitrogens with one attached hydrogen (secondary N) is 1. The zero-order valence-corrected chi connectivity index (χ0v) is 15.7. The Kier molecular flexibility index (Phi) is 7.63. The standard InChI is InChI=1S/C21H28N2O3/c1-15(2)16-4-6-17(7-5-16)20(22)14-23-21(24)18-8-10-19(11-9-18)26-13-12-25-3/h4-11,15,20H,12-14,22H2,1-3H3,(H,23,24). The molecule has 26 heavy (non-hydrogen) atoms.